The smallest absolute Gasteiger partial charge is 0.150 e. The zero-order valence-corrected chi connectivity index (χ0v) is 28.0. The van der Waals surface area contributed by atoms with E-state index in [0.717, 1.165) is 61.2 Å². The SMILES string of the molecule is CC1CCCCC1.CC1CCOCC1.CC1CCS(=O)(=O)CC1.CC1CCS(=O)CC1.CC1CCSCC1. The van der Waals surface area contributed by atoms with E-state index in [1.807, 2.05) is 0 Å². The lowest BCUT2D eigenvalue weighted by Gasteiger charge is -2.16. The van der Waals surface area contributed by atoms with Gasteiger partial charge in [-0.1, -0.05) is 66.7 Å². The normalized spacial score (nSPS) is 29.0. The Labute approximate surface area is 244 Å². The molecule has 4 nitrogen and oxygen atoms in total. The highest BCUT2D eigenvalue weighted by Crippen LogP contribution is 2.22. The van der Waals surface area contributed by atoms with Crippen LogP contribution in [0.3, 0.4) is 0 Å². The lowest BCUT2D eigenvalue weighted by molar-refractivity contribution is 0.0716. The van der Waals surface area contributed by atoms with Crippen LogP contribution in [-0.2, 0) is 25.4 Å². The Morgan fingerprint density at radius 1 is 0.579 bits per heavy atom. The van der Waals surface area contributed by atoms with Gasteiger partial charge in [-0.15, -0.1) is 0 Å². The minimum atomic E-state index is -2.62. The predicted octanol–water partition coefficient (Wildman–Crippen LogP) is 8.17. The van der Waals surface area contributed by atoms with E-state index in [1.165, 1.54) is 82.1 Å². The monoisotopic (exact) mass is 594 g/mol. The van der Waals surface area contributed by atoms with Gasteiger partial charge in [0, 0.05) is 35.5 Å². The van der Waals surface area contributed by atoms with Crippen LogP contribution in [-0.4, -0.2) is 60.4 Å². The van der Waals surface area contributed by atoms with Crippen molar-refractivity contribution in [3.8, 4) is 0 Å². The molecule has 0 unspecified atom stereocenters. The van der Waals surface area contributed by atoms with E-state index in [4.69, 9.17) is 4.74 Å². The summed E-state index contributed by atoms with van der Waals surface area (Å²) in [5.74, 6) is 9.93. The van der Waals surface area contributed by atoms with Gasteiger partial charge in [0.25, 0.3) is 0 Å². The first-order valence-electron chi connectivity index (χ1n) is 15.8. The molecule has 38 heavy (non-hydrogen) atoms. The number of sulfone groups is 1. The molecule has 1 saturated carbocycles. The van der Waals surface area contributed by atoms with Gasteiger partial charge < -0.3 is 4.74 Å². The van der Waals surface area contributed by atoms with E-state index in [-0.39, 0.29) is 0 Å². The fraction of sp³-hybridized carbons (Fsp3) is 1.00. The number of thioether (sulfide) groups is 1. The third-order valence-electron chi connectivity index (χ3n) is 8.43. The number of hydrogen-bond donors (Lipinski definition) is 0. The first-order valence-corrected chi connectivity index (χ1v) is 20.2. The molecule has 5 rings (SSSR count). The third-order valence-corrected chi connectivity index (χ3v) is 12.6. The summed E-state index contributed by atoms with van der Waals surface area (Å²) in [7, 11) is -3.08. The topological polar surface area (TPSA) is 60.4 Å². The van der Waals surface area contributed by atoms with Crippen molar-refractivity contribution in [2.45, 2.75) is 118 Å². The Kier molecular flexibility index (Phi) is 21.2. The second-order valence-electron chi connectivity index (χ2n) is 12.7. The molecule has 0 spiro atoms. The van der Waals surface area contributed by atoms with Crippen molar-refractivity contribution in [2.24, 2.45) is 29.6 Å². The minimum Gasteiger partial charge on any atom is -0.381 e. The molecule has 5 fully saturated rings. The zero-order chi connectivity index (χ0) is 28.2. The van der Waals surface area contributed by atoms with Gasteiger partial charge in [0.2, 0.25) is 0 Å². The van der Waals surface area contributed by atoms with E-state index in [9.17, 15) is 12.6 Å². The van der Waals surface area contributed by atoms with Crippen LogP contribution in [0.25, 0.3) is 0 Å². The third kappa shape index (κ3) is 21.2. The van der Waals surface area contributed by atoms with Gasteiger partial charge in [-0.3, -0.25) is 4.21 Å². The van der Waals surface area contributed by atoms with Gasteiger partial charge in [-0.25, -0.2) is 8.42 Å². The largest absolute Gasteiger partial charge is 0.381 e. The molecule has 0 aromatic rings. The highest BCUT2D eigenvalue weighted by molar-refractivity contribution is 7.99. The van der Waals surface area contributed by atoms with Crippen LogP contribution < -0.4 is 0 Å². The summed E-state index contributed by atoms with van der Waals surface area (Å²) in [6.45, 7) is 13.3. The summed E-state index contributed by atoms with van der Waals surface area (Å²) >= 11 is 2.10. The second kappa shape index (κ2) is 22.1. The van der Waals surface area contributed by atoms with Gasteiger partial charge in [-0.2, -0.15) is 11.8 Å². The lowest BCUT2D eigenvalue weighted by atomic mass is 9.91. The Bertz CT molecular complexity index is 617. The Hall–Kier alpha value is 0.410. The Morgan fingerprint density at radius 2 is 1.00 bits per heavy atom. The van der Waals surface area contributed by atoms with Crippen LogP contribution in [0.1, 0.15) is 118 Å². The molecule has 0 N–H and O–H groups in total. The molecule has 0 atom stereocenters. The summed E-state index contributed by atoms with van der Waals surface area (Å²) in [6, 6.07) is 0. The molecule has 0 amide bonds. The molecule has 4 aliphatic heterocycles. The van der Waals surface area contributed by atoms with Crippen LogP contribution in [0.4, 0.5) is 0 Å². The van der Waals surface area contributed by atoms with Crippen molar-refractivity contribution >= 4 is 32.4 Å². The summed E-state index contributed by atoms with van der Waals surface area (Å²) in [6.07, 6.45) is 16.9. The van der Waals surface area contributed by atoms with Gasteiger partial charge >= 0.3 is 0 Å². The molecule has 4 heterocycles. The summed E-state index contributed by atoms with van der Waals surface area (Å²) in [5.41, 5.74) is 0. The quantitative estimate of drug-likeness (QED) is 0.283. The van der Waals surface area contributed by atoms with Crippen LogP contribution in [0.5, 0.6) is 0 Å². The van der Waals surface area contributed by atoms with Gasteiger partial charge in [0.15, 0.2) is 0 Å². The summed E-state index contributed by atoms with van der Waals surface area (Å²) in [4.78, 5) is 0. The van der Waals surface area contributed by atoms with Crippen molar-refractivity contribution in [3.05, 3.63) is 0 Å². The molecule has 0 aromatic heterocycles. The van der Waals surface area contributed by atoms with Crippen LogP contribution >= 0.6 is 11.8 Å². The molecular weight excluding hydrogens is 533 g/mol. The number of rotatable bonds is 0. The lowest BCUT2D eigenvalue weighted by Crippen LogP contribution is -2.21. The van der Waals surface area contributed by atoms with E-state index >= 15 is 0 Å². The van der Waals surface area contributed by atoms with E-state index in [1.54, 1.807) is 0 Å². The highest BCUT2D eigenvalue weighted by Gasteiger charge is 2.19. The highest BCUT2D eigenvalue weighted by atomic mass is 32.2. The van der Waals surface area contributed by atoms with Gasteiger partial charge in [0.05, 0.1) is 11.5 Å². The molecule has 7 heteroatoms. The average Bonchev–Trinajstić information content (AvgIpc) is 2.91. The van der Waals surface area contributed by atoms with E-state index in [2.05, 4.69) is 46.4 Å². The molecule has 0 aromatic carbocycles. The Morgan fingerprint density at radius 3 is 1.32 bits per heavy atom. The maximum atomic E-state index is 10.8. The van der Waals surface area contributed by atoms with Crippen molar-refractivity contribution in [1.82, 2.24) is 0 Å². The molecule has 228 valence electrons. The first-order chi connectivity index (χ1) is 18.1. The maximum Gasteiger partial charge on any atom is 0.150 e. The van der Waals surface area contributed by atoms with Crippen molar-refractivity contribution < 1.29 is 17.4 Å². The number of ether oxygens (including phenoxy) is 1. The van der Waals surface area contributed by atoms with Crippen LogP contribution in [0.15, 0.2) is 0 Å². The van der Waals surface area contributed by atoms with Crippen LogP contribution in [0, 0.1) is 29.6 Å². The first kappa shape index (κ1) is 36.4. The summed E-state index contributed by atoms with van der Waals surface area (Å²) < 4.78 is 37.5. The zero-order valence-electron chi connectivity index (χ0n) is 25.6. The van der Waals surface area contributed by atoms with Gasteiger partial charge in [-0.05, 0) is 92.5 Å². The molecule has 1 aliphatic carbocycles. The van der Waals surface area contributed by atoms with E-state index in [0.29, 0.717) is 17.4 Å². The van der Waals surface area contributed by atoms with Crippen LogP contribution in [0.2, 0.25) is 0 Å². The standard InChI is InChI=1S/C7H14.C6H12O2S.C6H12OS.C6H12O.C6H12S/c1-7-5-3-2-4-6-7;1-6-2-4-9(7,8)5-3-6;1-6-2-4-8(7)5-3-6;2*1-6-2-4-7-5-3-6/h7H,2-6H2,1H3;6H,2-5H2,1H3;6H,2-5H2,1H3;2*6H,2-5H2,1H3. The molecule has 4 saturated heterocycles. The van der Waals surface area contributed by atoms with Crippen molar-refractivity contribution in [3.63, 3.8) is 0 Å². The fourth-order valence-electron chi connectivity index (χ4n) is 4.86. The average molecular weight is 595 g/mol. The second-order valence-corrected chi connectivity index (χ2v) is 17.9. The molecule has 0 bridgehead atoms. The minimum absolute atomic E-state index is 0.411. The van der Waals surface area contributed by atoms with Gasteiger partial charge in [0.1, 0.15) is 9.84 Å². The summed E-state index contributed by atoms with van der Waals surface area (Å²) in [5, 5.41) is 0. The molecule has 0 radical (unpaired) electrons. The molecular formula is C31H62O4S3. The predicted molar refractivity (Wildman–Crippen MR) is 171 cm³/mol. The van der Waals surface area contributed by atoms with Crippen molar-refractivity contribution in [1.29, 1.82) is 0 Å². The fourth-order valence-corrected chi connectivity index (χ4v) is 9.46. The maximum absolute atomic E-state index is 10.8. The van der Waals surface area contributed by atoms with Crippen molar-refractivity contribution in [2.75, 3.05) is 47.7 Å². The number of hydrogen-bond acceptors (Lipinski definition) is 5. The molecule has 5 aliphatic rings. The van der Waals surface area contributed by atoms with E-state index < -0.39 is 20.6 Å². The Balaban J connectivity index is 0.000000238.